The minimum absolute atomic E-state index is 0.197. The molecule has 3 aromatic rings. The van der Waals surface area contributed by atoms with Crippen molar-refractivity contribution < 1.29 is 9.29 Å². The average Bonchev–Trinajstić information content (AvgIpc) is 3.17. The number of aromatic nitrogens is 4. The van der Waals surface area contributed by atoms with Gasteiger partial charge in [0.25, 0.3) is 0 Å². The molecule has 1 fully saturated rings. The zero-order valence-electron chi connectivity index (χ0n) is 14.3. The van der Waals surface area contributed by atoms with Crippen LogP contribution in [0.5, 0.6) is 0 Å². The number of quaternary nitrogens is 1. The Morgan fingerprint density at radius 3 is 2.38 bits per heavy atom. The molecule has 0 aliphatic carbocycles. The third-order valence-electron chi connectivity index (χ3n) is 4.56. The molecule has 132 valence electrons. The molecule has 4 rings (SSSR count). The van der Waals surface area contributed by atoms with Gasteiger partial charge in [-0.1, -0.05) is 18.2 Å². The Bertz CT molecular complexity index is 867. The van der Waals surface area contributed by atoms with Crippen LogP contribution in [-0.4, -0.2) is 46.4 Å². The van der Waals surface area contributed by atoms with E-state index in [-0.39, 0.29) is 5.82 Å². The van der Waals surface area contributed by atoms with Gasteiger partial charge in [0, 0.05) is 11.8 Å². The predicted molar refractivity (Wildman–Crippen MR) is 97.5 cm³/mol. The van der Waals surface area contributed by atoms with Crippen molar-refractivity contribution in [3.63, 3.8) is 0 Å². The highest BCUT2D eigenvalue weighted by Gasteiger charge is 2.18. The minimum Gasteiger partial charge on any atom is -0.360 e. The number of para-hydroxylation sites is 1. The van der Waals surface area contributed by atoms with Gasteiger partial charge in [0.15, 0.2) is 5.82 Å². The molecular weight excluding hydrogens is 331 g/mol. The maximum Gasteiger partial charge on any atom is 0.185 e. The number of rotatable bonds is 4. The van der Waals surface area contributed by atoms with Crippen LogP contribution in [0.15, 0.2) is 60.8 Å². The van der Waals surface area contributed by atoms with E-state index in [1.165, 1.54) is 17.0 Å². The largest absolute Gasteiger partial charge is 0.360 e. The van der Waals surface area contributed by atoms with E-state index in [1.54, 1.807) is 4.68 Å². The van der Waals surface area contributed by atoms with Crippen LogP contribution in [0.1, 0.15) is 5.82 Å². The van der Waals surface area contributed by atoms with Gasteiger partial charge in [-0.15, -0.1) is 5.10 Å². The second-order valence-corrected chi connectivity index (χ2v) is 6.24. The third-order valence-corrected chi connectivity index (χ3v) is 4.56. The van der Waals surface area contributed by atoms with E-state index >= 15 is 0 Å². The molecule has 0 atom stereocenters. The fourth-order valence-corrected chi connectivity index (χ4v) is 3.11. The molecule has 6 nitrogen and oxygen atoms in total. The summed E-state index contributed by atoms with van der Waals surface area (Å²) in [5.41, 5.74) is 2.01. The first-order chi connectivity index (χ1) is 12.8. The number of piperazine rings is 1. The van der Waals surface area contributed by atoms with Crippen LogP contribution in [0, 0.1) is 5.82 Å². The van der Waals surface area contributed by atoms with Crippen molar-refractivity contribution in [1.82, 2.24) is 20.2 Å². The molecule has 1 aliphatic heterocycles. The fraction of sp³-hybridized carbons (Fsp3) is 0.211. The van der Waals surface area contributed by atoms with Crippen LogP contribution in [0.25, 0.3) is 11.8 Å². The van der Waals surface area contributed by atoms with Crippen LogP contribution in [0.4, 0.5) is 10.1 Å². The maximum atomic E-state index is 13.1. The van der Waals surface area contributed by atoms with Crippen LogP contribution >= 0.6 is 0 Å². The molecule has 0 saturated carbocycles. The lowest BCUT2D eigenvalue weighted by Gasteiger charge is -2.31. The van der Waals surface area contributed by atoms with Crippen LogP contribution in [0.2, 0.25) is 0 Å². The molecule has 7 heteroatoms. The summed E-state index contributed by atoms with van der Waals surface area (Å²) < 4.78 is 14.8. The Morgan fingerprint density at radius 1 is 0.923 bits per heavy atom. The van der Waals surface area contributed by atoms with E-state index in [4.69, 9.17) is 0 Å². The van der Waals surface area contributed by atoms with Crippen LogP contribution in [0.3, 0.4) is 0 Å². The highest BCUT2D eigenvalue weighted by Crippen LogP contribution is 2.14. The number of hydrogen-bond donors (Lipinski definition) is 1. The summed E-state index contributed by atoms with van der Waals surface area (Å²) in [4.78, 5) is 3.65. The summed E-state index contributed by atoms with van der Waals surface area (Å²) in [6, 6.07) is 16.5. The first kappa shape index (κ1) is 16.4. The molecule has 0 bridgehead atoms. The van der Waals surface area contributed by atoms with E-state index in [0.717, 1.165) is 37.6 Å². The number of hydrogen-bond acceptors (Lipinski definition) is 4. The molecule has 0 amide bonds. The number of benzene rings is 2. The normalized spacial score (nSPS) is 15.7. The van der Waals surface area contributed by atoms with Gasteiger partial charge >= 0.3 is 0 Å². The molecule has 1 aliphatic rings. The van der Waals surface area contributed by atoms with Gasteiger partial charge in [-0.05, 0) is 46.8 Å². The van der Waals surface area contributed by atoms with E-state index in [9.17, 15) is 4.39 Å². The van der Waals surface area contributed by atoms with Gasteiger partial charge in [-0.2, -0.15) is 4.68 Å². The van der Waals surface area contributed by atoms with Crippen molar-refractivity contribution >= 4 is 11.8 Å². The van der Waals surface area contributed by atoms with Gasteiger partial charge < -0.3 is 9.80 Å². The van der Waals surface area contributed by atoms with Gasteiger partial charge in [-0.25, -0.2) is 4.39 Å². The quantitative estimate of drug-likeness (QED) is 0.767. The summed E-state index contributed by atoms with van der Waals surface area (Å²) in [5, 5.41) is 12.0. The highest BCUT2D eigenvalue weighted by atomic mass is 19.1. The van der Waals surface area contributed by atoms with Gasteiger partial charge in [0.1, 0.15) is 5.82 Å². The summed E-state index contributed by atoms with van der Waals surface area (Å²) in [6.45, 7) is 3.80. The Labute approximate surface area is 151 Å². The van der Waals surface area contributed by atoms with Crippen molar-refractivity contribution in [2.75, 3.05) is 31.1 Å². The standard InChI is InChI=1S/C19H19FN6/c20-16-6-8-17(9-7-16)25-14-12-24(13-15-25)11-10-19-21-22-23-26(19)18-4-2-1-3-5-18/h1-11H,12-15H2/p+1/b11-10+. The zero-order valence-corrected chi connectivity index (χ0v) is 14.3. The van der Waals surface area contributed by atoms with Gasteiger partial charge in [0.05, 0.1) is 38.1 Å². The monoisotopic (exact) mass is 351 g/mol. The molecular formula is C19H20FN6+. The molecule has 26 heavy (non-hydrogen) atoms. The number of anilines is 1. The van der Waals surface area contributed by atoms with E-state index in [1.807, 2.05) is 48.5 Å². The smallest absolute Gasteiger partial charge is 0.185 e. The van der Waals surface area contributed by atoms with Crippen molar-refractivity contribution in [2.45, 2.75) is 0 Å². The van der Waals surface area contributed by atoms with Gasteiger partial charge in [0.2, 0.25) is 0 Å². The highest BCUT2D eigenvalue weighted by molar-refractivity contribution is 5.46. The molecule has 0 unspecified atom stereocenters. The molecule has 2 aromatic carbocycles. The van der Waals surface area contributed by atoms with Crippen molar-refractivity contribution in [2.24, 2.45) is 0 Å². The summed E-state index contributed by atoms with van der Waals surface area (Å²) in [5.74, 6) is 0.516. The first-order valence-corrected chi connectivity index (χ1v) is 8.67. The Kier molecular flexibility index (Phi) is 4.70. The minimum atomic E-state index is -0.197. The second-order valence-electron chi connectivity index (χ2n) is 6.24. The summed E-state index contributed by atoms with van der Waals surface area (Å²) >= 11 is 0. The zero-order chi connectivity index (χ0) is 17.8. The van der Waals surface area contributed by atoms with E-state index < -0.39 is 0 Å². The van der Waals surface area contributed by atoms with Crippen molar-refractivity contribution in [1.29, 1.82) is 0 Å². The molecule has 2 heterocycles. The van der Waals surface area contributed by atoms with E-state index in [0.29, 0.717) is 5.82 Å². The van der Waals surface area contributed by atoms with Crippen molar-refractivity contribution in [3.05, 3.63) is 72.4 Å². The lowest BCUT2D eigenvalue weighted by atomic mass is 10.2. The van der Waals surface area contributed by atoms with E-state index in [2.05, 4.69) is 26.6 Å². The number of nitrogens with zero attached hydrogens (tertiary/aromatic N) is 5. The van der Waals surface area contributed by atoms with Crippen molar-refractivity contribution in [3.8, 4) is 5.69 Å². The second kappa shape index (κ2) is 7.45. The number of nitrogens with one attached hydrogen (secondary N) is 1. The molecule has 0 radical (unpaired) electrons. The lowest BCUT2D eigenvalue weighted by molar-refractivity contribution is -0.846. The number of halogens is 1. The predicted octanol–water partition coefficient (Wildman–Crippen LogP) is 1.18. The Morgan fingerprint density at radius 2 is 1.65 bits per heavy atom. The first-order valence-electron chi connectivity index (χ1n) is 8.67. The maximum absolute atomic E-state index is 13.1. The SMILES string of the molecule is Fc1ccc(N2CC[NH+](/C=C/c3nnnn3-c3ccccc3)CC2)cc1. The van der Waals surface area contributed by atoms with Crippen LogP contribution < -0.4 is 9.80 Å². The third kappa shape index (κ3) is 3.62. The molecule has 1 aromatic heterocycles. The fourth-order valence-electron chi connectivity index (χ4n) is 3.11. The Balaban J connectivity index is 1.39. The Hall–Kier alpha value is -3.06. The van der Waals surface area contributed by atoms with Crippen LogP contribution in [-0.2, 0) is 0 Å². The molecule has 1 N–H and O–H groups in total. The topological polar surface area (TPSA) is 51.3 Å². The summed E-state index contributed by atoms with van der Waals surface area (Å²) in [7, 11) is 0. The molecule has 0 spiro atoms. The lowest BCUT2D eigenvalue weighted by Crippen LogP contribution is -3.10. The average molecular weight is 351 g/mol. The summed E-state index contributed by atoms with van der Waals surface area (Å²) in [6.07, 6.45) is 4.09. The van der Waals surface area contributed by atoms with Gasteiger partial charge in [-0.3, -0.25) is 0 Å². The number of tetrazole rings is 1. The molecule has 1 saturated heterocycles.